The van der Waals surface area contributed by atoms with Crippen LogP contribution in [-0.2, 0) is 4.84 Å². The zero-order chi connectivity index (χ0) is 25.3. The predicted molar refractivity (Wildman–Crippen MR) is 137 cm³/mol. The third kappa shape index (κ3) is 7.92. The van der Waals surface area contributed by atoms with Crippen LogP contribution in [0, 0.1) is 22.1 Å². The Labute approximate surface area is 210 Å². The molecule has 0 spiro atoms. The fourth-order valence-corrected chi connectivity index (χ4v) is 3.29. The van der Waals surface area contributed by atoms with Crippen molar-refractivity contribution >= 4 is 45.8 Å². The first-order chi connectivity index (χ1) is 16.1. The van der Waals surface area contributed by atoms with Crippen molar-refractivity contribution < 1.29 is 23.2 Å². The summed E-state index contributed by atoms with van der Waals surface area (Å²) in [4.78, 5) is 27.6. The molecule has 178 valence electrons. The van der Waals surface area contributed by atoms with Gasteiger partial charge in [0, 0.05) is 14.8 Å². The van der Waals surface area contributed by atoms with Crippen LogP contribution in [0.15, 0.2) is 72.8 Å². The monoisotopic (exact) mass is 579 g/mol. The molecule has 9 heteroatoms. The number of rotatable bonds is 7. The molecule has 0 saturated heterocycles. The molecule has 3 aromatic rings. The van der Waals surface area contributed by atoms with Gasteiger partial charge in [0.25, 0.3) is 5.91 Å². The molecule has 6 nitrogen and oxygen atoms in total. The van der Waals surface area contributed by atoms with E-state index in [2.05, 4.69) is 40.0 Å². The fourth-order valence-electron chi connectivity index (χ4n) is 2.65. The zero-order valence-corrected chi connectivity index (χ0v) is 20.8. The number of hydroxylamine groups is 1. The molecular formula is C25H24F2IN3O3. The fraction of sp³-hybridized carbons (Fsp3) is 0.120. The molecule has 0 radical (unpaired) electrons. The minimum Gasteiger partial charge on any atom is -0.366 e. The van der Waals surface area contributed by atoms with Crippen LogP contribution >= 0.6 is 22.6 Å². The molecule has 0 aliphatic heterocycles. The standard InChI is InChI=1S/C18H17F2IN2O2.C7H7NO/c1-10(2)9-25-23-18(24)13-5-6-14(19)16(20)17(13)22-15-7-4-12(21)8-11(15)3;8-7(9)6-4-2-1-3-5-6/h4-8,22H,1,9H2,2-3H3,(H,23,24);1-5H,(H2,8,9). The van der Waals surface area contributed by atoms with Crippen LogP contribution in [-0.4, -0.2) is 18.4 Å². The molecule has 4 N–H and O–H groups in total. The molecule has 0 unspecified atom stereocenters. The second kappa shape index (κ2) is 12.8. The molecule has 0 heterocycles. The Morgan fingerprint density at radius 3 is 2.32 bits per heavy atom. The average molecular weight is 579 g/mol. The largest absolute Gasteiger partial charge is 0.366 e. The summed E-state index contributed by atoms with van der Waals surface area (Å²) in [5, 5.41) is 2.80. The van der Waals surface area contributed by atoms with Gasteiger partial charge in [-0.3, -0.25) is 14.4 Å². The predicted octanol–water partition coefficient (Wildman–Crippen LogP) is 5.64. The molecule has 0 aliphatic carbocycles. The second-order valence-corrected chi connectivity index (χ2v) is 8.52. The Kier molecular flexibility index (Phi) is 10.1. The molecule has 3 rings (SSSR count). The number of benzene rings is 3. The van der Waals surface area contributed by atoms with Crippen molar-refractivity contribution in [2.75, 3.05) is 11.9 Å². The van der Waals surface area contributed by atoms with E-state index in [9.17, 15) is 18.4 Å². The molecule has 0 aliphatic rings. The van der Waals surface area contributed by atoms with Crippen molar-refractivity contribution in [3.8, 4) is 0 Å². The molecule has 2 amide bonds. The van der Waals surface area contributed by atoms with Crippen LogP contribution in [0.2, 0.25) is 0 Å². The van der Waals surface area contributed by atoms with Gasteiger partial charge in [-0.25, -0.2) is 14.3 Å². The van der Waals surface area contributed by atoms with E-state index < -0.39 is 17.5 Å². The van der Waals surface area contributed by atoms with E-state index in [0.29, 0.717) is 16.8 Å². The van der Waals surface area contributed by atoms with Crippen LogP contribution in [0.1, 0.15) is 33.2 Å². The smallest absolute Gasteiger partial charge is 0.277 e. The number of aryl methyl sites for hydroxylation is 1. The Balaban J connectivity index is 0.000000379. The number of amides is 2. The highest BCUT2D eigenvalue weighted by molar-refractivity contribution is 14.1. The van der Waals surface area contributed by atoms with Crippen molar-refractivity contribution in [2.24, 2.45) is 5.73 Å². The number of carbonyl (C=O) groups is 2. The van der Waals surface area contributed by atoms with E-state index in [4.69, 9.17) is 10.6 Å². The van der Waals surface area contributed by atoms with E-state index >= 15 is 0 Å². The van der Waals surface area contributed by atoms with Gasteiger partial charge in [0.15, 0.2) is 11.6 Å². The lowest BCUT2D eigenvalue weighted by Gasteiger charge is -2.15. The highest BCUT2D eigenvalue weighted by Crippen LogP contribution is 2.28. The normalized spacial score (nSPS) is 10.0. The van der Waals surface area contributed by atoms with Crippen molar-refractivity contribution in [3.05, 3.63) is 105 Å². The van der Waals surface area contributed by atoms with Gasteiger partial charge in [-0.1, -0.05) is 30.4 Å². The van der Waals surface area contributed by atoms with Crippen LogP contribution in [0.5, 0.6) is 0 Å². The van der Waals surface area contributed by atoms with Crippen LogP contribution < -0.4 is 16.5 Å². The SMILES string of the molecule is C=C(C)CONC(=O)c1ccc(F)c(F)c1Nc1ccc(I)cc1C.NC(=O)c1ccccc1. The molecule has 3 aromatic carbocycles. The van der Waals surface area contributed by atoms with Gasteiger partial charge in [0.1, 0.15) is 0 Å². The van der Waals surface area contributed by atoms with Gasteiger partial charge in [-0.05, 0) is 84.5 Å². The first-order valence-electron chi connectivity index (χ1n) is 10.0. The number of hydrogen-bond donors (Lipinski definition) is 3. The quantitative estimate of drug-likeness (QED) is 0.192. The van der Waals surface area contributed by atoms with Gasteiger partial charge in [0.2, 0.25) is 5.91 Å². The number of halogens is 3. The number of carbonyl (C=O) groups excluding carboxylic acids is 2. The summed E-state index contributed by atoms with van der Waals surface area (Å²) in [6.07, 6.45) is 0. The first-order valence-corrected chi connectivity index (χ1v) is 11.1. The molecule has 34 heavy (non-hydrogen) atoms. The third-order valence-corrected chi connectivity index (χ3v) is 5.00. The van der Waals surface area contributed by atoms with Gasteiger partial charge in [-0.2, -0.15) is 0 Å². The summed E-state index contributed by atoms with van der Waals surface area (Å²) in [5.74, 6) is -3.25. The molecule has 0 atom stereocenters. The molecule has 0 saturated carbocycles. The summed E-state index contributed by atoms with van der Waals surface area (Å²) in [5.41, 5.74) is 9.52. The Bertz CT molecular complexity index is 1190. The number of primary amides is 1. The van der Waals surface area contributed by atoms with Gasteiger partial charge < -0.3 is 11.1 Å². The summed E-state index contributed by atoms with van der Waals surface area (Å²) in [6.45, 7) is 7.32. The lowest BCUT2D eigenvalue weighted by molar-refractivity contribution is 0.0401. The highest BCUT2D eigenvalue weighted by Gasteiger charge is 2.20. The number of hydrogen-bond acceptors (Lipinski definition) is 4. The number of nitrogens with two attached hydrogens (primary N) is 1. The zero-order valence-electron chi connectivity index (χ0n) is 18.6. The maximum Gasteiger partial charge on any atom is 0.277 e. The molecule has 0 bridgehead atoms. The summed E-state index contributed by atoms with van der Waals surface area (Å²) >= 11 is 2.15. The van der Waals surface area contributed by atoms with Crippen molar-refractivity contribution in [1.29, 1.82) is 0 Å². The molecule has 0 fully saturated rings. The van der Waals surface area contributed by atoms with Crippen molar-refractivity contribution in [3.63, 3.8) is 0 Å². The Morgan fingerprint density at radius 2 is 1.76 bits per heavy atom. The van der Waals surface area contributed by atoms with Gasteiger partial charge in [0.05, 0.1) is 17.9 Å². The van der Waals surface area contributed by atoms with Gasteiger partial charge in [-0.15, -0.1) is 0 Å². The number of nitrogens with one attached hydrogen (secondary N) is 2. The Hall–Kier alpha value is -3.31. The third-order valence-electron chi connectivity index (χ3n) is 4.33. The van der Waals surface area contributed by atoms with E-state index in [1.54, 1.807) is 37.3 Å². The maximum atomic E-state index is 14.3. The molecule has 0 aromatic heterocycles. The van der Waals surface area contributed by atoms with Crippen LogP contribution in [0.3, 0.4) is 0 Å². The lowest BCUT2D eigenvalue weighted by Crippen LogP contribution is -2.25. The lowest BCUT2D eigenvalue weighted by atomic mass is 10.1. The minimum absolute atomic E-state index is 0.0708. The highest BCUT2D eigenvalue weighted by atomic mass is 127. The van der Waals surface area contributed by atoms with E-state index in [1.165, 1.54) is 6.07 Å². The van der Waals surface area contributed by atoms with Gasteiger partial charge >= 0.3 is 0 Å². The average Bonchev–Trinajstić information content (AvgIpc) is 2.79. The summed E-state index contributed by atoms with van der Waals surface area (Å²) in [7, 11) is 0. The van der Waals surface area contributed by atoms with E-state index in [1.807, 2.05) is 25.1 Å². The van der Waals surface area contributed by atoms with Crippen molar-refractivity contribution in [1.82, 2.24) is 5.48 Å². The number of anilines is 2. The topological polar surface area (TPSA) is 93.4 Å². The van der Waals surface area contributed by atoms with Crippen LogP contribution in [0.25, 0.3) is 0 Å². The maximum absolute atomic E-state index is 14.3. The summed E-state index contributed by atoms with van der Waals surface area (Å²) in [6, 6.07) is 16.3. The van der Waals surface area contributed by atoms with Crippen molar-refractivity contribution in [2.45, 2.75) is 13.8 Å². The summed E-state index contributed by atoms with van der Waals surface area (Å²) < 4.78 is 29.0. The van der Waals surface area contributed by atoms with E-state index in [-0.39, 0.29) is 23.8 Å². The Morgan fingerprint density at radius 1 is 1.09 bits per heavy atom. The minimum atomic E-state index is -1.13. The first kappa shape index (κ1) is 26.9. The second-order valence-electron chi connectivity index (χ2n) is 7.28. The van der Waals surface area contributed by atoms with Crippen LogP contribution in [0.4, 0.5) is 20.2 Å². The van der Waals surface area contributed by atoms with E-state index in [0.717, 1.165) is 15.2 Å². The molecular weight excluding hydrogens is 555 g/mol.